The minimum absolute atomic E-state index is 0.0663. The number of carbonyl (C=O) groups excluding carboxylic acids is 1. The van der Waals surface area contributed by atoms with E-state index in [0.717, 1.165) is 5.76 Å². The molecule has 0 aliphatic rings. The summed E-state index contributed by atoms with van der Waals surface area (Å²) in [6, 6.07) is 3.52. The molecule has 0 radical (unpaired) electrons. The van der Waals surface area contributed by atoms with Gasteiger partial charge in [0.15, 0.2) is 0 Å². The lowest BCUT2D eigenvalue weighted by molar-refractivity contribution is -0.130. The minimum atomic E-state index is -0.185. The molecule has 4 heteroatoms. The van der Waals surface area contributed by atoms with Crippen molar-refractivity contribution >= 4 is 5.91 Å². The van der Waals surface area contributed by atoms with Gasteiger partial charge in [-0.05, 0) is 19.1 Å². The van der Waals surface area contributed by atoms with E-state index in [1.807, 2.05) is 19.1 Å². The van der Waals surface area contributed by atoms with Crippen LogP contribution in [0.4, 0.5) is 0 Å². The van der Waals surface area contributed by atoms with Gasteiger partial charge in [0.1, 0.15) is 5.76 Å². The topological polar surface area (TPSA) is 45.5 Å². The van der Waals surface area contributed by atoms with E-state index in [1.54, 1.807) is 25.3 Å². The molecule has 1 amide bonds. The molecule has 1 aromatic rings. The van der Waals surface area contributed by atoms with Crippen LogP contribution in [-0.4, -0.2) is 30.9 Å². The van der Waals surface area contributed by atoms with Gasteiger partial charge in [0.2, 0.25) is 5.91 Å². The molecule has 0 spiro atoms. The normalized spacial score (nSPS) is 12.5. The molecule has 78 valence electrons. The van der Waals surface area contributed by atoms with Crippen molar-refractivity contribution in [3.05, 3.63) is 24.2 Å². The van der Waals surface area contributed by atoms with E-state index in [1.165, 1.54) is 0 Å². The van der Waals surface area contributed by atoms with Crippen LogP contribution in [0.15, 0.2) is 22.8 Å². The fourth-order valence-corrected chi connectivity index (χ4v) is 1.14. The molecule has 0 aromatic carbocycles. The number of amides is 1. The molecule has 1 N–H and O–H groups in total. The highest BCUT2D eigenvalue weighted by Crippen LogP contribution is 1.99. The molecule has 1 aromatic heterocycles. The highest BCUT2D eigenvalue weighted by atomic mass is 16.3. The summed E-state index contributed by atoms with van der Waals surface area (Å²) in [7, 11) is 3.49. The molecule has 0 unspecified atom stereocenters. The highest BCUT2D eigenvalue weighted by molar-refractivity contribution is 5.80. The number of carbonyl (C=O) groups is 1. The third-order valence-electron chi connectivity index (χ3n) is 1.97. The third kappa shape index (κ3) is 2.88. The van der Waals surface area contributed by atoms with Gasteiger partial charge in [0.25, 0.3) is 0 Å². The van der Waals surface area contributed by atoms with Crippen LogP contribution in [0.5, 0.6) is 0 Å². The van der Waals surface area contributed by atoms with Gasteiger partial charge >= 0.3 is 0 Å². The van der Waals surface area contributed by atoms with E-state index >= 15 is 0 Å². The number of furan rings is 1. The summed E-state index contributed by atoms with van der Waals surface area (Å²) in [6.07, 6.45) is 1.62. The summed E-state index contributed by atoms with van der Waals surface area (Å²) >= 11 is 0. The monoisotopic (exact) mass is 196 g/mol. The summed E-state index contributed by atoms with van der Waals surface area (Å²) in [6.45, 7) is 2.42. The van der Waals surface area contributed by atoms with Gasteiger partial charge in [-0.3, -0.25) is 10.1 Å². The van der Waals surface area contributed by atoms with Crippen LogP contribution in [0.1, 0.15) is 12.7 Å². The Morgan fingerprint density at radius 3 is 2.86 bits per heavy atom. The van der Waals surface area contributed by atoms with Crippen molar-refractivity contribution in [1.29, 1.82) is 0 Å². The van der Waals surface area contributed by atoms with Crippen molar-refractivity contribution in [3.63, 3.8) is 0 Å². The average Bonchev–Trinajstić information content (AvgIpc) is 2.65. The van der Waals surface area contributed by atoms with Crippen molar-refractivity contribution in [3.8, 4) is 0 Å². The number of likely N-dealkylation sites (N-methyl/N-ethyl adjacent to an activating group) is 1. The average molecular weight is 196 g/mol. The van der Waals surface area contributed by atoms with Crippen LogP contribution >= 0.6 is 0 Å². The molecule has 1 atom stereocenters. The fourth-order valence-electron chi connectivity index (χ4n) is 1.14. The standard InChI is InChI=1S/C10H16N2O2/c1-8(10(13)12(2)3)11-7-9-5-4-6-14-9/h4-6,8,11H,7H2,1-3H3/t8-/m1/s1. The zero-order valence-electron chi connectivity index (χ0n) is 8.78. The first kappa shape index (κ1) is 10.8. The Morgan fingerprint density at radius 1 is 1.64 bits per heavy atom. The molecule has 0 aliphatic carbocycles. The second kappa shape index (κ2) is 4.81. The van der Waals surface area contributed by atoms with Crippen molar-refractivity contribution in [2.45, 2.75) is 19.5 Å². The highest BCUT2D eigenvalue weighted by Gasteiger charge is 2.13. The fraction of sp³-hybridized carbons (Fsp3) is 0.500. The smallest absolute Gasteiger partial charge is 0.238 e. The van der Waals surface area contributed by atoms with Gasteiger partial charge in [-0.15, -0.1) is 0 Å². The molecule has 0 bridgehead atoms. The number of hydrogen-bond donors (Lipinski definition) is 1. The maximum absolute atomic E-state index is 11.4. The van der Waals surface area contributed by atoms with Gasteiger partial charge < -0.3 is 9.32 Å². The SMILES string of the molecule is C[C@@H](NCc1ccco1)C(=O)N(C)C. The van der Waals surface area contributed by atoms with Crippen LogP contribution < -0.4 is 5.32 Å². The molecule has 1 heterocycles. The van der Waals surface area contributed by atoms with E-state index < -0.39 is 0 Å². The molecular weight excluding hydrogens is 180 g/mol. The molecular formula is C10H16N2O2. The molecule has 14 heavy (non-hydrogen) atoms. The summed E-state index contributed by atoms with van der Waals surface area (Å²) in [5.41, 5.74) is 0. The van der Waals surface area contributed by atoms with Crippen molar-refractivity contribution in [2.75, 3.05) is 14.1 Å². The van der Waals surface area contributed by atoms with E-state index in [0.29, 0.717) is 6.54 Å². The first-order valence-corrected chi connectivity index (χ1v) is 4.58. The van der Waals surface area contributed by atoms with Gasteiger partial charge in [-0.1, -0.05) is 0 Å². The third-order valence-corrected chi connectivity index (χ3v) is 1.97. The summed E-state index contributed by atoms with van der Waals surface area (Å²) in [5, 5.41) is 3.08. The summed E-state index contributed by atoms with van der Waals surface area (Å²) in [4.78, 5) is 13.0. The molecule has 0 saturated carbocycles. The molecule has 1 rings (SSSR count). The Kier molecular flexibility index (Phi) is 3.71. The Hall–Kier alpha value is -1.29. The zero-order chi connectivity index (χ0) is 10.6. The maximum atomic E-state index is 11.4. The van der Waals surface area contributed by atoms with Crippen LogP contribution in [-0.2, 0) is 11.3 Å². The van der Waals surface area contributed by atoms with Gasteiger partial charge in [0, 0.05) is 14.1 Å². The Balaban J connectivity index is 2.35. The summed E-state index contributed by atoms with van der Waals surface area (Å²) in [5.74, 6) is 0.903. The lowest BCUT2D eigenvalue weighted by Crippen LogP contribution is -2.41. The zero-order valence-corrected chi connectivity index (χ0v) is 8.78. The van der Waals surface area contributed by atoms with Crippen LogP contribution in [0.25, 0.3) is 0 Å². The van der Waals surface area contributed by atoms with Gasteiger partial charge in [-0.25, -0.2) is 0 Å². The van der Waals surface area contributed by atoms with Gasteiger partial charge in [0.05, 0.1) is 18.8 Å². The summed E-state index contributed by atoms with van der Waals surface area (Å²) < 4.78 is 5.14. The van der Waals surface area contributed by atoms with Crippen molar-refractivity contribution in [1.82, 2.24) is 10.2 Å². The van der Waals surface area contributed by atoms with Crippen LogP contribution in [0.3, 0.4) is 0 Å². The predicted octanol–water partition coefficient (Wildman–Crippen LogP) is 0.846. The first-order valence-electron chi connectivity index (χ1n) is 4.58. The van der Waals surface area contributed by atoms with Crippen LogP contribution in [0, 0.1) is 0 Å². The largest absolute Gasteiger partial charge is 0.468 e. The quantitative estimate of drug-likeness (QED) is 0.776. The predicted molar refractivity (Wildman–Crippen MR) is 53.7 cm³/mol. The van der Waals surface area contributed by atoms with E-state index in [4.69, 9.17) is 4.42 Å². The Labute approximate surface area is 83.9 Å². The molecule has 0 fully saturated rings. The number of nitrogens with zero attached hydrogens (tertiary/aromatic N) is 1. The van der Waals surface area contributed by atoms with Crippen molar-refractivity contribution in [2.24, 2.45) is 0 Å². The van der Waals surface area contributed by atoms with Crippen molar-refractivity contribution < 1.29 is 9.21 Å². The van der Waals surface area contributed by atoms with E-state index in [9.17, 15) is 4.79 Å². The Morgan fingerprint density at radius 2 is 2.36 bits per heavy atom. The second-order valence-electron chi connectivity index (χ2n) is 3.41. The van der Waals surface area contributed by atoms with E-state index in [-0.39, 0.29) is 11.9 Å². The van der Waals surface area contributed by atoms with E-state index in [2.05, 4.69) is 5.32 Å². The number of rotatable bonds is 4. The second-order valence-corrected chi connectivity index (χ2v) is 3.41. The molecule has 4 nitrogen and oxygen atoms in total. The van der Waals surface area contributed by atoms with Gasteiger partial charge in [-0.2, -0.15) is 0 Å². The lowest BCUT2D eigenvalue weighted by atomic mass is 10.3. The maximum Gasteiger partial charge on any atom is 0.238 e. The van der Waals surface area contributed by atoms with Crippen LogP contribution in [0.2, 0.25) is 0 Å². The lowest BCUT2D eigenvalue weighted by Gasteiger charge is -2.17. The Bertz CT molecular complexity index is 280. The molecule has 0 saturated heterocycles. The number of nitrogens with one attached hydrogen (secondary N) is 1. The minimum Gasteiger partial charge on any atom is -0.468 e. The number of hydrogen-bond acceptors (Lipinski definition) is 3. The molecule has 0 aliphatic heterocycles. The first-order chi connectivity index (χ1) is 6.61.